The molecule has 17 heavy (non-hydrogen) atoms. The van der Waals surface area contributed by atoms with Crippen LogP contribution in [0, 0.1) is 12.1 Å². The van der Waals surface area contributed by atoms with Gasteiger partial charge in [0.2, 0.25) is 0 Å². The molecule has 1 heterocycles. The summed E-state index contributed by atoms with van der Waals surface area (Å²) in [7, 11) is 0. The minimum atomic E-state index is -4.96. The van der Waals surface area contributed by atoms with Gasteiger partial charge in [0.05, 0.1) is 5.69 Å². The van der Waals surface area contributed by atoms with E-state index in [2.05, 4.69) is 21.0 Å². The lowest BCUT2D eigenvalue weighted by Gasteiger charge is -2.12. The number of hydrogen-bond acceptors (Lipinski definition) is 2. The fourth-order valence-corrected chi connectivity index (χ4v) is 1.29. The maximum atomic E-state index is 13.3. The number of hydrogen-bond donors (Lipinski definition) is 1. The van der Waals surface area contributed by atoms with Gasteiger partial charge >= 0.3 is 6.36 Å². The Morgan fingerprint density at radius 3 is 2.65 bits per heavy atom. The van der Waals surface area contributed by atoms with Crippen molar-refractivity contribution in [1.82, 2.24) is 9.97 Å². The topological polar surface area (TPSA) is 37.9 Å². The second-order valence-corrected chi connectivity index (χ2v) is 3.06. The molecule has 0 fully saturated rings. The fraction of sp³-hybridized carbons (Fsp3) is 0.100. The van der Waals surface area contributed by atoms with Crippen molar-refractivity contribution in [2.45, 2.75) is 6.36 Å². The van der Waals surface area contributed by atoms with Crippen molar-refractivity contribution < 1.29 is 22.3 Å². The Balaban J connectivity index is 2.49. The average Bonchev–Trinajstić information content (AvgIpc) is 2.72. The lowest BCUT2D eigenvalue weighted by Crippen LogP contribution is -2.18. The number of rotatable bonds is 2. The second-order valence-electron chi connectivity index (χ2n) is 3.06. The van der Waals surface area contributed by atoms with Crippen LogP contribution in [0.4, 0.5) is 17.6 Å². The molecule has 3 nitrogen and oxygen atoms in total. The number of nitrogens with one attached hydrogen (secondary N) is 1. The van der Waals surface area contributed by atoms with Gasteiger partial charge in [-0.15, -0.1) is 13.2 Å². The molecule has 1 radical (unpaired) electrons. The highest BCUT2D eigenvalue weighted by Crippen LogP contribution is 2.34. The van der Waals surface area contributed by atoms with E-state index in [4.69, 9.17) is 0 Å². The summed E-state index contributed by atoms with van der Waals surface area (Å²) in [6, 6.07) is 3.41. The number of halogens is 4. The van der Waals surface area contributed by atoms with Crippen LogP contribution in [0.2, 0.25) is 0 Å². The molecular weight excluding hydrogens is 240 g/mol. The monoisotopic (exact) mass is 245 g/mol. The molecule has 0 saturated heterocycles. The molecule has 0 atom stereocenters. The highest BCUT2D eigenvalue weighted by Gasteiger charge is 2.33. The van der Waals surface area contributed by atoms with Crippen molar-refractivity contribution in [2.75, 3.05) is 0 Å². The number of aromatic nitrogens is 2. The molecule has 0 amide bonds. The Morgan fingerprint density at radius 1 is 1.29 bits per heavy atom. The van der Waals surface area contributed by atoms with Crippen LogP contribution in [0.3, 0.4) is 0 Å². The van der Waals surface area contributed by atoms with E-state index < -0.39 is 17.9 Å². The van der Waals surface area contributed by atoms with Gasteiger partial charge in [0, 0.05) is 11.8 Å². The first-order valence-electron chi connectivity index (χ1n) is 4.43. The van der Waals surface area contributed by atoms with Gasteiger partial charge in [-0.05, 0) is 12.1 Å². The van der Waals surface area contributed by atoms with Crippen molar-refractivity contribution >= 4 is 0 Å². The summed E-state index contributed by atoms with van der Waals surface area (Å²) < 4.78 is 53.3. The largest absolute Gasteiger partial charge is 0.573 e. The van der Waals surface area contributed by atoms with Gasteiger partial charge in [0.25, 0.3) is 0 Å². The normalized spacial score (nSPS) is 11.5. The van der Waals surface area contributed by atoms with Crippen molar-refractivity contribution in [3.63, 3.8) is 0 Å². The third-order valence-electron chi connectivity index (χ3n) is 1.91. The summed E-state index contributed by atoms with van der Waals surface area (Å²) in [5.41, 5.74) is 0.0172. The van der Waals surface area contributed by atoms with E-state index in [0.717, 1.165) is 6.07 Å². The second kappa shape index (κ2) is 4.08. The van der Waals surface area contributed by atoms with Crippen molar-refractivity contribution in [1.29, 1.82) is 0 Å². The minimum Gasteiger partial charge on any atom is -0.402 e. The molecule has 0 aliphatic rings. The van der Waals surface area contributed by atoms with E-state index in [-0.39, 0.29) is 11.3 Å². The third-order valence-corrected chi connectivity index (χ3v) is 1.91. The minimum absolute atomic E-state index is 0.0974. The Bertz CT molecular complexity index is 508. The molecule has 0 aliphatic heterocycles. The number of H-pyrrole nitrogens is 1. The van der Waals surface area contributed by atoms with Crippen LogP contribution in [0.15, 0.2) is 24.4 Å². The van der Waals surface area contributed by atoms with E-state index in [1.54, 1.807) is 0 Å². The number of para-hydroxylation sites is 1. The van der Waals surface area contributed by atoms with E-state index in [0.29, 0.717) is 0 Å². The first kappa shape index (κ1) is 11.4. The molecule has 1 N–H and O–H groups in total. The summed E-state index contributed by atoms with van der Waals surface area (Å²) >= 11 is 0. The van der Waals surface area contributed by atoms with Gasteiger partial charge in [-0.25, -0.2) is 9.37 Å². The molecular formula is C10H5F4N2O. The molecule has 2 aromatic rings. The lowest BCUT2D eigenvalue weighted by atomic mass is 10.1. The summed E-state index contributed by atoms with van der Waals surface area (Å²) in [6.45, 7) is 0. The summed E-state index contributed by atoms with van der Waals surface area (Å²) in [6.07, 6.45) is -1.37. The number of ether oxygens (including phenoxy) is 1. The molecule has 0 saturated carbocycles. The summed E-state index contributed by atoms with van der Waals surface area (Å²) in [5.74, 6) is -2.01. The highest BCUT2D eigenvalue weighted by molar-refractivity contribution is 5.66. The fourth-order valence-electron chi connectivity index (χ4n) is 1.29. The zero-order valence-corrected chi connectivity index (χ0v) is 8.18. The van der Waals surface area contributed by atoms with E-state index in [1.165, 1.54) is 18.3 Å². The molecule has 0 unspecified atom stereocenters. The highest BCUT2D eigenvalue weighted by atomic mass is 19.4. The molecule has 1 aromatic heterocycles. The van der Waals surface area contributed by atoms with E-state index >= 15 is 0 Å². The maximum Gasteiger partial charge on any atom is 0.573 e. The first-order valence-corrected chi connectivity index (χ1v) is 4.43. The lowest BCUT2D eigenvalue weighted by molar-refractivity contribution is -0.275. The molecule has 2 rings (SSSR count). The third kappa shape index (κ3) is 2.55. The Kier molecular flexibility index (Phi) is 2.74. The molecule has 89 valence electrons. The SMILES string of the molecule is Fc1cccc(-c2c[nH][c]n2)c1OC(F)(F)F. The maximum absolute atomic E-state index is 13.3. The number of imidazole rings is 1. The predicted octanol–water partition coefficient (Wildman–Crippen LogP) is 2.91. The van der Waals surface area contributed by atoms with Gasteiger partial charge in [0.1, 0.15) is 0 Å². The van der Waals surface area contributed by atoms with Gasteiger partial charge in [0.15, 0.2) is 17.9 Å². The Hall–Kier alpha value is -2.05. The van der Waals surface area contributed by atoms with Gasteiger partial charge in [-0.3, -0.25) is 0 Å². The molecule has 0 bridgehead atoms. The smallest absolute Gasteiger partial charge is 0.402 e. The van der Waals surface area contributed by atoms with Gasteiger partial charge in [-0.2, -0.15) is 0 Å². The van der Waals surface area contributed by atoms with Crippen LogP contribution >= 0.6 is 0 Å². The number of benzene rings is 1. The Morgan fingerprint density at radius 2 is 2.06 bits per heavy atom. The van der Waals surface area contributed by atoms with Gasteiger partial charge < -0.3 is 9.72 Å². The van der Waals surface area contributed by atoms with E-state index in [9.17, 15) is 17.6 Å². The standard InChI is InChI=1S/C10H5F4N2O/c11-7-3-1-2-6(8-4-15-5-16-8)9(7)17-10(12,13)14/h1-4H,(H,15,16). The van der Waals surface area contributed by atoms with Crippen LogP contribution in [-0.2, 0) is 0 Å². The predicted molar refractivity (Wildman–Crippen MR) is 49.5 cm³/mol. The van der Waals surface area contributed by atoms with Crippen LogP contribution in [0.5, 0.6) is 5.75 Å². The molecule has 7 heteroatoms. The zero-order valence-electron chi connectivity index (χ0n) is 8.18. The molecule has 0 aliphatic carbocycles. The Labute approximate surface area is 93.1 Å². The first-order chi connectivity index (χ1) is 7.97. The summed E-state index contributed by atoms with van der Waals surface area (Å²) in [4.78, 5) is 6.07. The van der Waals surface area contributed by atoms with Crippen LogP contribution in [0.1, 0.15) is 0 Å². The number of alkyl halides is 3. The number of aromatic amines is 1. The van der Waals surface area contributed by atoms with Crippen LogP contribution < -0.4 is 4.74 Å². The number of nitrogens with zero attached hydrogens (tertiary/aromatic N) is 1. The average molecular weight is 245 g/mol. The van der Waals surface area contributed by atoms with Gasteiger partial charge in [-0.1, -0.05) is 6.07 Å². The zero-order chi connectivity index (χ0) is 12.5. The van der Waals surface area contributed by atoms with E-state index in [1.807, 2.05) is 0 Å². The molecule has 0 spiro atoms. The van der Waals surface area contributed by atoms with Crippen LogP contribution in [-0.4, -0.2) is 16.3 Å². The van der Waals surface area contributed by atoms with Crippen molar-refractivity contribution in [2.24, 2.45) is 0 Å². The van der Waals surface area contributed by atoms with Crippen molar-refractivity contribution in [3.8, 4) is 17.0 Å². The van der Waals surface area contributed by atoms with Crippen molar-refractivity contribution in [3.05, 3.63) is 36.5 Å². The summed E-state index contributed by atoms with van der Waals surface area (Å²) in [5, 5.41) is 0. The molecule has 1 aromatic carbocycles. The quantitative estimate of drug-likeness (QED) is 0.826. The van der Waals surface area contributed by atoms with Crippen LogP contribution in [0.25, 0.3) is 11.3 Å².